The van der Waals surface area contributed by atoms with Gasteiger partial charge < -0.3 is 9.47 Å². The van der Waals surface area contributed by atoms with Crippen LogP contribution in [0.3, 0.4) is 0 Å². The molecule has 0 heterocycles. The number of methoxy groups -OCH3 is 1. The van der Waals surface area contributed by atoms with E-state index in [1.54, 1.807) is 12.1 Å². The lowest BCUT2D eigenvalue weighted by atomic mass is 10.1. The van der Waals surface area contributed by atoms with Crippen LogP contribution in [0.4, 0.5) is 18.9 Å². The number of amides is 1. The Labute approximate surface area is 176 Å². The van der Waals surface area contributed by atoms with E-state index in [2.05, 4.69) is 16.6 Å². The van der Waals surface area contributed by atoms with E-state index in [1.807, 2.05) is 0 Å². The second kappa shape index (κ2) is 10.3. The molecule has 0 aromatic heterocycles. The molecule has 2 rings (SSSR count). The fourth-order valence-electron chi connectivity index (χ4n) is 2.52. The minimum atomic E-state index is -5.20. The van der Waals surface area contributed by atoms with Crippen molar-refractivity contribution in [2.75, 3.05) is 25.2 Å². The predicted molar refractivity (Wildman–Crippen MR) is 105 cm³/mol. The van der Waals surface area contributed by atoms with Crippen molar-refractivity contribution in [2.24, 2.45) is 0 Å². The van der Waals surface area contributed by atoms with Crippen molar-refractivity contribution >= 4 is 23.5 Å². The number of benzene rings is 2. The van der Waals surface area contributed by atoms with Crippen LogP contribution in [0, 0.1) is 11.8 Å². The minimum Gasteiger partial charge on any atom is -0.465 e. The van der Waals surface area contributed by atoms with Gasteiger partial charge in [-0.1, -0.05) is 24.0 Å². The Morgan fingerprint density at radius 2 is 1.65 bits per heavy atom. The van der Waals surface area contributed by atoms with Gasteiger partial charge in [0.25, 0.3) is 0 Å². The molecule has 0 spiro atoms. The van der Waals surface area contributed by atoms with Crippen molar-refractivity contribution < 1.29 is 37.0 Å². The van der Waals surface area contributed by atoms with Crippen LogP contribution < -0.4 is 4.90 Å². The van der Waals surface area contributed by atoms with Crippen molar-refractivity contribution in [2.45, 2.75) is 13.1 Å². The minimum absolute atomic E-state index is 0.0457. The smallest absolute Gasteiger partial charge is 0.465 e. The lowest BCUT2D eigenvalue weighted by Gasteiger charge is -2.24. The first-order valence-electron chi connectivity index (χ1n) is 9.01. The molecule has 0 saturated heterocycles. The normalized spacial score (nSPS) is 10.5. The average Bonchev–Trinajstić information content (AvgIpc) is 2.75. The van der Waals surface area contributed by atoms with Gasteiger partial charge >= 0.3 is 24.0 Å². The Morgan fingerprint density at radius 1 is 1.00 bits per heavy atom. The van der Waals surface area contributed by atoms with Crippen LogP contribution >= 0.6 is 0 Å². The highest BCUT2D eigenvalue weighted by atomic mass is 19.4. The van der Waals surface area contributed by atoms with Gasteiger partial charge in [0.1, 0.15) is 6.54 Å². The first-order chi connectivity index (χ1) is 14.7. The molecule has 2 aromatic carbocycles. The third kappa shape index (κ3) is 6.34. The maximum absolute atomic E-state index is 13.1. The first kappa shape index (κ1) is 23.5. The summed E-state index contributed by atoms with van der Waals surface area (Å²) in [6.45, 7) is 0.535. The molecular formula is C22H18F3NO5. The van der Waals surface area contributed by atoms with E-state index in [-0.39, 0.29) is 17.9 Å². The summed E-state index contributed by atoms with van der Waals surface area (Å²) in [4.78, 5) is 35.5. The molecule has 0 atom stereocenters. The Hall–Kier alpha value is -3.80. The number of nitrogens with zero attached hydrogens (tertiary/aromatic N) is 1. The van der Waals surface area contributed by atoms with Crippen molar-refractivity contribution in [1.29, 1.82) is 0 Å². The largest absolute Gasteiger partial charge is 0.471 e. The van der Waals surface area contributed by atoms with Gasteiger partial charge in [-0.05, 0) is 43.3 Å². The number of hydrogen-bond acceptors (Lipinski definition) is 5. The van der Waals surface area contributed by atoms with E-state index < -0.39 is 30.6 Å². The summed E-state index contributed by atoms with van der Waals surface area (Å²) in [7, 11) is 1.25. The van der Waals surface area contributed by atoms with E-state index in [0.717, 1.165) is 0 Å². The quantitative estimate of drug-likeness (QED) is 0.534. The van der Waals surface area contributed by atoms with E-state index >= 15 is 0 Å². The Kier molecular flexibility index (Phi) is 7.80. The molecule has 0 fully saturated rings. The van der Waals surface area contributed by atoms with Gasteiger partial charge in [-0.3, -0.25) is 14.5 Å². The summed E-state index contributed by atoms with van der Waals surface area (Å²) in [6.07, 6.45) is -5.20. The van der Waals surface area contributed by atoms with Gasteiger partial charge in [-0.25, -0.2) is 4.79 Å². The first-order valence-corrected chi connectivity index (χ1v) is 9.01. The summed E-state index contributed by atoms with van der Waals surface area (Å²) < 4.78 is 48.7. The number of rotatable bonds is 5. The molecule has 9 heteroatoms. The van der Waals surface area contributed by atoms with E-state index in [4.69, 9.17) is 4.74 Å². The summed E-state index contributed by atoms with van der Waals surface area (Å²) in [5, 5.41) is 0. The van der Waals surface area contributed by atoms with Crippen LogP contribution in [0.1, 0.15) is 28.4 Å². The summed E-state index contributed by atoms with van der Waals surface area (Å²) in [5.74, 6) is 1.74. The van der Waals surface area contributed by atoms with Crippen LogP contribution in [0.2, 0.25) is 0 Å². The zero-order valence-corrected chi connectivity index (χ0v) is 16.7. The van der Waals surface area contributed by atoms with Crippen LogP contribution in [0.15, 0.2) is 48.5 Å². The van der Waals surface area contributed by atoms with Crippen molar-refractivity contribution in [3.05, 3.63) is 65.2 Å². The molecule has 31 heavy (non-hydrogen) atoms. The SMILES string of the molecule is CCOC(=O)CN(C(=O)C(F)(F)F)c1ccccc1C#Cc1ccc(C(=O)OC)cc1. The van der Waals surface area contributed by atoms with E-state index in [1.165, 1.54) is 50.4 Å². The molecule has 0 bridgehead atoms. The molecule has 0 aliphatic rings. The number of para-hydroxylation sites is 1. The van der Waals surface area contributed by atoms with Gasteiger partial charge in [-0.2, -0.15) is 13.2 Å². The number of anilines is 1. The molecule has 0 N–H and O–H groups in total. The zero-order chi connectivity index (χ0) is 23.0. The lowest BCUT2D eigenvalue weighted by molar-refractivity contribution is -0.171. The van der Waals surface area contributed by atoms with E-state index in [9.17, 15) is 27.6 Å². The molecule has 162 valence electrons. The average molecular weight is 433 g/mol. The van der Waals surface area contributed by atoms with Gasteiger partial charge in [0.15, 0.2) is 0 Å². The van der Waals surface area contributed by atoms with Crippen LogP contribution in [-0.2, 0) is 19.1 Å². The fourth-order valence-corrected chi connectivity index (χ4v) is 2.52. The summed E-state index contributed by atoms with van der Waals surface area (Å²) in [5.41, 5.74) is 0.699. The third-order valence-electron chi connectivity index (χ3n) is 3.92. The zero-order valence-electron chi connectivity index (χ0n) is 16.7. The summed E-state index contributed by atoms with van der Waals surface area (Å²) in [6, 6.07) is 11.7. The Morgan fingerprint density at radius 3 is 2.23 bits per heavy atom. The number of ether oxygens (including phenoxy) is 2. The van der Waals surface area contributed by atoms with Crippen molar-refractivity contribution in [3.63, 3.8) is 0 Å². The highest BCUT2D eigenvalue weighted by Gasteiger charge is 2.44. The standard InChI is InChI=1S/C22H18F3NO5/c1-3-31-19(27)14-26(21(29)22(23,24)25)18-7-5-4-6-16(18)11-8-15-9-12-17(13-10-15)20(28)30-2/h4-7,9-10,12-13H,3,14H2,1-2H3. The topological polar surface area (TPSA) is 72.9 Å². The van der Waals surface area contributed by atoms with E-state index in [0.29, 0.717) is 16.0 Å². The molecule has 0 aliphatic carbocycles. The molecule has 1 amide bonds. The van der Waals surface area contributed by atoms with Gasteiger partial charge in [-0.15, -0.1) is 0 Å². The monoisotopic (exact) mass is 433 g/mol. The molecule has 0 unspecified atom stereocenters. The number of halogens is 3. The fraction of sp³-hybridized carbons (Fsp3) is 0.227. The van der Waals surface area contributed by atoms with Crippen LogP contribution in [0.25, 0.3) is 0 Å². The van der Waals surface area contributed by atoms with Crippen molar-refractivity contribution in [3.8, 4) is 11.8 Å². The summed E-state index contributed by atoms with van der Waals surface area (Å²) >= 11 is 0. The van der Waals surface area contributed by atoms with Gasteiger partial charge in [0.2, 0.25) is 0 Å². The number of carbonyl (C=O) groups excluding carboxylic acids is 3. The second-order valence-electron chi connectivity index (χ2n) is 6.03. The number of alkyl halides is 3. The van der Waals surface area contributed by atoms with Crippen LogP contribution in [-0.4, -0.2) is 44.3 Å². The van der Waals surface area contributed by atoms with Gasteiger partial charge in [0, 0.05) is 11.1 Å². The predicted octanol–water partition coefficient (Wildman–Crippen LogP) is 3.33. The molecule has 0 aliphatic heterocycles. The number of carbonyl (C=O) groups is 3. The second-order valence-corrected chi connectivity index (χ2v) is 6.03. The van der Waals surface area contributed by atoms with Crippen LogP contribution in [0.5, 0.6) is 0 Å². The Balaban J connectivity index is 2.42. The Bertz CT molecular complexity index is 1020. The highest BCUT2D eigenvalue weighted by molar-refractivity contribution is 6.01. The molecule has 2 aromatic rings. The number of hydrogen-bond donors (Lipinski definition) is 0. The van der Waals surface area contributed by atoms with Gasteiger partial charge in [0.05, 0.1) is 25.0 Å². The molecule has 0 saturated carbocycles. The lowest BCUT2D eigenvalue weighted by Crippen LogP contribution is -2.44. The maximum atomic E-state index is 13.1. The molecule has 6 nitrogen and oxygen atoms in total. The third-order valence-corrected chi connectivity index (χ3v) is 3.92. The molecule has 0 radical (unpaired) electrons. The number of esters is 2. The molecular weight excluding hydrogens is 415 g/mol. The highest BCUT2D eigenvalue weighted by Crippen LogP contribution is 2.26. The van der Waals surface area contributed by atoms with Crippen molar-refractivity contribution in [1.82, 2.24) is 0 Å². The maximum Gasteiger partial charge on any atom is 0.471 e.